The van der Waals surface area contributed by atoms with Gasteiger partial charge in [-0.15, -0.1) is 0 Å². The molecule has 4 amide bonds. The van der Waals surface area contributed by atoms with Crippen LogP contribution in [0.3, 0.4) is 0 Å². The summed E-state index contributed by atoms with van der Waals surface area (Å²) >= 11 is 0. The molecule has 3 atom stereocenters. The molecule has 2 aliphatic rings. The number of piperidine rings is 1. The number of halogens is 2. The fraction of sp³-hybridized carbons (Fsp3) is 0.783. The molecular weight excluding hydrogens is 466 g/mol. The minimum atomic E-state index is -3.11. The van der Waals surface area contributed by atoms with E-state index in [0.29, 0.717) is 19.8 Å². The summed E-state index contributed by atoms with van der Waals surface area (Å²) in [5, 5.41) is 16.3. The highest BCUT2D eigenvalue weighted by atomic mass is 19.3. The first-order chi connectivity index (χ1) is 16.1. The summed E-state index contributed by atoms with van der Waals surface area (Å²) in [6.45, 7) is 5.93. The van der Waals surface area contributed by atoms with Crippen molar-refractivity contribution < 1.29 is 37.9 Å². The average molecular weight is 503 g/mol. The summed E-state index contributed by atoms with van der Waals surface area (Å²) in [5.74, 6) is -6.38. The van der Waals surface area contributed by atoms with Crippen LogP contribution in [0.15, 0.2) is 0 Å². The average Bonchev–Trinajstić information content (AvgIpc) is 3.56. The van der Waals surface area contributed by atoms with Crippen LogP contribution < -0.4 is 16.0 Å². The lowest BCUT2D eigenvalue weighted by Crippen LogP contribution is -2.61. The molecule has 198 valence electrons. The van der Waals surface area contributed by atoms with Gasteiger partial charge >= 0.3 is 6.09 Å². The second-order valence-electron chi connectivity index (χ2n) is 10.6. The van der Waals surface area contributed by atoms with E-state index in [2.05, 4.69) is 16.0 Å². The van der Waals surface area contributed by atoms with Crippen molar-refractivity contribution in [2.45, 2.75) is 103 Å². The maximum absolute atomic E-state index is 13.5. The minimum absolute atomic E-state index is 0.127. The van der Waals surface area contributed by atoms with Crippen molar-refractivity contribution in [3.63, 3.8) is 0 Å². The first-order valence-electron chi connectivity index (χ1n) is 11.9. The monoisotopic (exact) mass is 502 g/mol. The third-order valence-electron chi connectivity index (χ3n) is 6.11. The van der Waals surface area contributed by atoms with Gasteiger partial charge in [0, 0.05) is 19.0 Å². The molecule has 0 aromatic rings. The highest BCUT2D eigenvalue weighted by Gasteiger charge is 2.42. The Bertz CT molecular complexity index is 835. The van der Waals surface area contributed by atoms with E-state index in [0.717, 1.165) is 12.8 Å². The summed E-state index contributed by atoms with van der Waals surface area (Å²) in [6, 6.07) is -3.76. The van der Waals surface area contributed by atoms with E-state index in [4.69, 9.17) is 0 Å². The topological polar surface area (TPSA) is 145 Å². The SMILES string of the molecule is CC(F)(F)CC[C@H](NC(=O)[C@@H]1CCCCN1C(=O)[C@@H](NC(=O)O)C(C)(C)C)C(=O)C(=O)NC1CC1. The normalized spacial score (nSPS) is 20.4. The number of hydrogen-bond donors (Lipinski definition) is 4. The van der Waals surface area contributed by atoms with Crippen LogP contribution in [0.4, 0.5) is 13.6 Å². The van der Waals surface area contributed by atoms with Crippen LogP contribution in [-0.4, -0.2) is 76.2 Å². The quantitative estimate of drug-likeness (QED) is 0.335. The Balaban J connectivity index is 2.21. The van der Waals surface area contributed by atoms with Crippen molar-refractivity contribution in [1.82, 2.24) is 20.9 Å². The Hall–Kier alpha value is -2.79. The van der Waals surface area contributed by atoms with Crippen LogP contribution in [-0.2, 0) is 19.2 Å². The molecule has 1 aliphatic heterocycles. The Kier molecular flexibility index (Phi) is 9.18. The van der Waals surface area contributed by atoms with Gasteiger partial charge in [0.05, 0.1) is 6.04 Å². The number of alkyl halides is 2. The van der Waals surface area contributed by atoms with Crippen molar-refractivity contribution in [2.24, 2.45) is 5.41 Å². The minimum Gasteiger partial charge on any atom is -0.465 e. The van der Waals surface area contributed by atoms with E-state index < -0.39 is 71.9 Å². The molecule has 0 radical (unpaired) electrons. The zero-order valence-electron chi connectivity index (χ0n) is 20.7. The van der Waals surface area contributed by atoms with Crippen LogP contribution in [0.25, 0.3) is 0 Å². The largest absolute Gasteiger partial charge is 0.465 e. The van der Waals surface area contributed by atoms with Crippen LogP contribution in [0.2, 0.25) is 0 Å². The molecule has 0 bridgehead atoms. The summed E-state index contributed by atoms with van der Waals surface area (Å²) < 4.78 is 27.0. The molecule has 0 spiro atoms. The maximum Gasteiger partial charge on any atom is 0.405 e. The maximum atomic E-state index is 13.5. The van der Waals surface area contributed by atoms with Gasteiger partial charge in [-0.05, 0) is 50.9 Å². The van der Waals surface area contributed by atoms with Crippen molar-refractivity contribution >= 4 is 29.6 Å². The molecule has 0 aromatic carbocycles. The Morgan fingerprint density at radius 3 is 2.14 bits per heavy atom. The standard InChI is InChI=1S/C23H36F2N4O6/c1-22(2,3)17(28-21(34)35)20(33)29-12-6-5-7-15(29)18(31)27-14(10-11-23(4,24)25)16(30)19(32)26-13-8-9-13/h13-15,17,28H,5-12H2,1-4H3,(H,26,32)(H,27,31)(H,34,35)/t14-,15-,17+/m0/s1. The zero-order valence-corrected chi connectivity index (χ0v) is 20.7. The molecule has 0 aromatic heterocycles. The molecule has 1 aliphatic carbocycles. The highest BCUT2D eigenvalue weighted by molar-refractivity contribution is 6.38. The Morgan fingerprint density at radius 1 is 1.00 bits per heavy atom. The molecule has 35 heavy (non-hydrogen) atoms. The number of carbonyl (C=O) groups excluding carboxylic acids is 4. The third-order valence-corrected chi connectivity index (χ3v) is 6.11. The van der Waals surface area contributed by atoms with Gasteiger partial charge in [-0.1, -0.05) is 20.8 Å². The smallest absolute Gasteiger partial charge is 0.405 e. The third kappa shape index (κ3) is 8.74. The van der Waals surface area contributed by atoms with Crippen molar-refractivity contribution in [3.8, 4) is 0 Å². The predicted octanol–water partition coefficient (Wildman–Crippen LogP) is 1.82. The lowest BCUT2D eigenvalue weighted by molar-refractivity contribution is -0.147. The highest BCUT2D eigenvalue weighted by Crippen LogP contribution is 2.26. The van der Waals surface area contributed by atoms with Crippen molar-refractivity contribution in [3.05, 3.63) is 0 Å². The number of amides is 4. The number of nitrogens with zero attached hydrogens (tertiary/aromatic N) is 1. The van der Waals surface area contributed by atoms with Gasteiger partial charge in [-0.2, -0.15) is 0 Å². The molecule has 1 saturated heterocycles. The molecule has 10 nitrogen and oxygen atoms in total. The van der Waals surface area contributed by atoms with Gasteiger partial charge in [-0.3, -0.25) is 19.2 Å². The zero-order chi connectivity index (χ0) is 26.6. The summed E-state index contributed by atoms with van der Waals surface area (Å²) in [4.78, 5) is 64.0. The van der Waals surface area contributed by atoms with E-state index in [1.165, 1.54) is 4.90 Å². The van der Waals surface area contributed by atoms with E-state index >= 15 is 0 Å². The number of Topliss-reactive ketones (excluding diaryl/α,β-unsaturated/α-hetero) is 1. The second kappa shape index (κ2) is 11.3. The van der Waals surface area contributed by atoms with Gasteiger partial charge in [0.15, 0.2) is 0 Å². The summed E-state index contributed by atoms with van der Waals surface area (Å²) in [7, 11) is 0. The van der Waals surface area contributed by atoms with Crippen LogP contribution in [0.1, 0.15) is 72.6 Å². The first-order valence-corrected chi connectivity index (χ1v) is 11.9. The fourth-order valence-corrected chi connectivity index (χ4v) is 3.98. The van der Waals surface area contributed by atoms with Crippen molar-refractivity contribution in [2.75, 3.05) is 6.54 Å². The molecule has 0 unspecified atom stereocenters. The number of likely N-dealkylation sites (tertiary alicyclic amines) is 1. The van der Waals surface area contributed by atoms with E-state index in [1.807, 2.05) is 0 Å². The number of carboxylic acid groups (broad SMARTS) is 1. The van der Waals surface area contributed by atoms with Gasteiger partial charge < -0.3 is 26.0 Å². The van der Waals surface area contributed by atoms with E-state index in [-0.39, 0.29) is 19.0 Å². The number of nitrogens with one attached hydrogen (secondary N) is 3. The predicted molar refractivity (Wildman–Crippen MR) is 122 cm³/mol. The number of hydrogen-bond acceptors (Lipinski definition) is 5. The Labute approximate surface area is 203 Å². The molecule has 4 N–H and O–H groups in total. The number of rotatable bonds is 10. The molecule has 2 rings (SSSR count). The first kappa shape index (κ1) is 28.4. The van der Waals surface area contributed by atoms with Crippen molar-refractivity contribution in [1.29, 1.82) is 0 Å². The molecule has 12 heteroatoms. The van der Waals surface area contributed by atoms with E-state index in [1.54, 1.807) is 20.8 Å². The molecular formula is C23H36F2N4O6. The van der Waals surface area contributed by atoms with Crippen LogP contribution in [0.5, 0.6) is 0 Å². The van der Waals surface area contributed by atoms with Gasteiger partial charge in [0.25, 0.3) is 5.91 Å². The van der Waals surface area contributed by atoms with Gasteiger partial charge in [0.1, 0.15) is 12.1 Å². The lowest BCUT2D eigenvalue weighted by atomic mass is 9.85. The molecule has 2 fully saturated rings. The number of ketones is 1. The fourth-order valence-electron chi connectivity index (χ4n) is 3.98. The van der Waals surface area contributed by atoms with E-state index in [9.17, 15) is 37.9 Å². The summed E-state index contributed by atoms with van der Waals surface area (Å²) in [5.41, 5.74) is -0.792. The molecule has 1 saturated carbocycles. The second-order valence-corrected chi connectivity index (χ2v) is 10.6. The van der Waals surface area contributed by atoms with Crippen LogP contribution in [0, 0.1) is 5.41 Å². The lowest BCUT2D eigenvalue weighted by Gasteiger charge is -2.40. The van der Waals surface area contributed by atoms with Crippen LogP contribution >= 0.6 is 0 Å². The van der Waals surface area contributed by atoms with Gasteiger partial charge in [0.2, 0.25) is 23.5 Å². The molecule has 1 heterocycles. The Morgan fingerprint density at radius 2 is 1.63 bits per heavy atom. The van der Waals surface area contributed by atoms with Gasteiger partial charge in [-0.25, -0.2) is 13.6 Å². The summed E-state index contributed by atoms with van der Waals surface area (Å²) in [6.07, 6.45) is 0.337. The number of carbonyl (C=O) groups is 5.